The molecule has 1 rings (SSSR count). The summed E-state index contributed by atoms with van der Waals surface area (Å²) in [6, 6.07) is -0.293. The molecule has 1 aromatic heterocycles. The maximum absolute atomic E-state index is 11.5. The van der Waals surface area contributed by atoms with Crippen LogP contribution in [0.3, 0.4) is 0 Å². The van der Waals surface area contributed by atoms with Crippen LogP contribution in [0.4, 0.5) is 9.93 Å². The molecule has 1 unspecified atom stereocenters. The molecular weight excluding hydrogens is 226 g/mol. The van der Waals surface area contributed by atoms with Crippen molar-refractivity contribution >= 4 is 22.5 Å². The van der Waals surface area contributed by atoms with Crippen LogP contribution < -0.4 is 10.6 Å². The molecule has 0 aliphatic carbocycles. The fourth-order valence-corrected chi connectivity index (χ4v) is 1.80. The van der Waals surface area contributed by atoms with E-state index in [1.807, 2.05) is 20.8 Å². The van der Waals surface area contributed by atoms with E-state index in [2.05, 4.69) is 15.6 Å². The zero-order chi connectivity index (χ0) is 12.3. The minimum Gasteiger partial charge on any atom is -0.387 e. The van der Waals surface area contributed by atoms with E-state index >= 15 is 0 Å². The van der Waals surface area contributed by atoms with E-state index in [9.17, 15) is 9.90 Å². The van der Waals surface area contributed by atoms with E-state index in [1.54, 1.807) is 12.3 Å². The van der Waals surface area contributed by atoms with Gasteiger partial charge in [0.15, 0.2) is 5.13 Å². The number of hydrogen-bond donors (Lipinski definition) is 3. The summed E-state index contributed by atoms with van der Waals surface area (Å²) in [5.74, 6) is 0. The van der Waals surface area contributed by atoms with Crippen LogP contribution in [0.15, 0.2) is 5.38 Å². The van der Waals surface area contributed by atoms with Gasteiger partial charge in [-0.1, -0.05) is 0 Å². The number of urea groups is 1. The van der Waals surface area contributed by atoms with E-state index in [1.165, 1.54) is 11.3 Å². The van der Waals surface area contributed by atoms with Gasteiger partial charge in [-0.15, -0.1) is 11.3 Å². The number of nitrogens with one attached hydrogen (secondary N) is 2. The molecule has 1 aromatic rings. The monoisotopic (exact) mass is 243 g/mol. The molecule has 0 saturated carbocycles. The Hall–Kier alpha value is -1.14. The van der Waals surface area contributed by atoms with Gasteiger partial charge in [-0.3, -0.25) is 5.32 Å². The molecule has 5 nitrogen and oxygen atoms in total. The number of aromatic nitrogens is 1. The summed E-state index contributed by atoms with van der Waals surface area (Å²) in [5.41, 5.74) is 0.283. The van der Waals surface area contributed by atoms with Crippen LogP contribution in [0.2, 0.25) is 0 Å². The minimum atomic E-state index is -0.613. The van der Waals surface area contributed by atoms with Gasteiger partial charge >= 0.3 is 6.03 Å². The molecule has 1 heterocycles. The molecule has 0 aliphatic rings. The lowest BCUT2D eigenvalue weighted by molar-refractivity contribution is 0.195. The average Bonchev–Trinajstić information content (AvgIpc) is 2.48. The molecule has 6 heteroatoms. The number of anilines is 1. The quantitative estimate of drug-likeness (QED) is 0.744. The van der Waals surface area contributed by atoms with E-state index in [0.29, 0.717) is 10.8 Å². The Morgan fingerprint density at radius 3 is 2.62 bits per heavy atom. The van der Waals surface area contributed by atoms with Crippen molar-refractivity contribution in [2.45, 2.75) is 39.3 Å². The number of nitrogens with zero attached hydrogens (tertiary/aromatic N) is 1. The third-order valence-corrected chi connectivity index (χ3v) is 2.43. The van der Waals surface area contributed by atoms with Crippen molar-refractivity contribution in [1.29, 1.82) is 0 Å². The molecular formula is C10H17N3O2S. The number of amides is 2. The first-order valence-corrected chi connectivity index (χ1v) is 5.88. The van der Waals surface area contributed by atoms with Crippen LogP contribution in [0.5, 0.6) is 0 Å². The van der Waals surface area contributed by atoms with E-state index in [0.717, 1.165) is 0 Å². The minimum absolute atomic E-state index is 0.283. The van der Waals surface area contributed by atoms with Crippen molar-refractivity contribution < 1.29 is 9.90 Å². The lowest BCUT2D eigenvalue weighted by Crippen LogP contribution is -2.43. The number of hydrogen-bond acceptors (Lipinski definition) is 4. The summed E-state index contributed by atoms with van der Waals surface area (Å²) >= 11 is 1.29. The van der Waals surface area contributed by atoms with E-state index < -0.39 is 6.10 Å². The normalized spacial score (nSPS) is 13.3. The molecule has 90 valence electrons. The van der Waals surface area contributed by atoms with Gasteiger partial charge in [0, 0.05) is 10.9 Å². The molecule has 0 radical (unpaired) electrons. The van der Waals surface area contributed by atoms with Gasteiger partial charge in [0.25, 0.3) is 0 Å². The highest BCUT2D eigenvalue weighted by atomic mass is 32.1. The number of thiazole rings is 1. The van der Waals surface area contributed by atoms with Crippen LogP contribution in [0.1, 0.15) is 39.5 Å². The van der Waals surface area contributed by atoms with Gasteiger partial charge in [0.05, 0.1) is 11.8 Å². The lowest BCUT2D eigenvalue weighted by Gasteiger charge is -2.20. The summed E-state index contributed by atoms with van der Waals surface area (Å²) < 4.78 is 0. The zero-order valence-corrected chi connectivity index (χ0v) is 10.7. The van der Waals surface area contributed by atoms with E-state index in [-0.39, 0.29) is 11.6 Å². The Kier molecular flexibility index (Phi) is 3.88. The first-order chi connectivity index (χ1) is 7.28. The van der Waals surface area contributed by atoms with Gasteiger partial charge in [-0.05, 0) is 27.7 Å². The summed E-state index contributed by atoms with van der Waals surface area (Å²) in [6.07, 6.45) is -0.613. The van der Waals surface area contributed by atoms with Crippen molar-refractivity contribution in [2.24, 2.45) is 0 Å². The molecule has 0 aromatic carbocycles. The van der Waals surface area contributed by atoms with Gasteiger partial charge in [0.2, 0.25) is 0 Å². The lowest BCUT2D eigenvalue weighted by atomic mass is 10.1. The van der Waals surface area contributed by atoms with Gasteiger partial charge in [-0.2, -0.15) is 0 Å². The highest BCUT2D eigenvalue weighted by Crippen LogP contribution is 2.20. The first-order valence-electron chi connectivity index (χ1n) is 5.00. The smallest absolute Gasteiger partial charge is 0.321 e. The average molecular weight is 243 g/mol. The van der Waals surface area contributed by atoms with E-state index in [4.69, 9.17) is 0 Å². The van der Waals surface area contributed by atoms with Crippen molar-refractivity contribution in [3.63, 3.8) is 0 Å². The third kappa shape index (κ3) is 4.16. The molecule has 0 saturated heterocycles. The highest BCUT2D eigenvalue weighted by Gasteiger charge is 2.15. The number of aliphatic hydroxyl groups is 1. The molecule has 0 spiro atoms. The highest BCUT2D eigenvalue weighted by molar-refractivity contribution is 7.13. The third-order valence-electron chi connectivity index (χ3n) is 1.66. The van der Waals surface area contributed by atoms with Crippen molar-refractivity contribution in [2.75, 3.05) is 5.32 Å². The fourth-order valence-electron chi connectivity index (χ4n) is 1.00. The molecule has 1 atom stereocenters. The summed E-state index contributed by atoms with van der Waals surface area (Å²) in [6.45, 7) is 7.33. The molecule has 0 fully saturated rings. The predicted octanol–water partition coefficient (Wildman–Crippen LogP) is 2.12. The second-order valence-corrected chi connectivity index (χ2v) is 5.44. The summed E-state index contributed by atoms with van der Waals surface area (Å²) in [7, 11) is 0. The van der Waals surface area contributed by atoms with Crippen LogP contribution >= 0.6 is 11.3 Å². The molecule has 0 aliphatic heterocycles. The van der Waals surface area contributed by atoms with Crippen LogP contribution in [0.25, 0.3) is 0 Å². The number of carbonyl (C=O) groups excluding carboxylic acids is 1. The van der Waals surface area contributed by atoms with Gasteiger partial charge in [-0.25, -0.2) is 9.78 Å². The standard InChI is InChI=1S/C10H17N3O2S/c1-6(14)7-5-16-9(11-7)12-8(15)13-10(2,3)4/h5-6,14H,1-4H3,(H2,11,12,13,15). The van der Waals surface area contributed by atoms with Crippen molar-refractivity contribution in [3.05, 3.63) is 11.1 Å². The Balaban J connectivity index is 2.57. The molecule has 2 amide bonds. The Morgan fingerprint density at radius 2 is 2.19 bits per heavy atom. The Morgan fingerprint density at radius 1 is 1.56 bits per heavy atom. The second-order valence-electron chi connectivity index (χ2n) is 4.58. The topological polar surface area (TPSA) is 74.2 Å². The zero-order valence-electron chi connectivity index (χ0n) is 9.87. The number of aliphatic hydroxyl groups excluding tert-OH is 1. The SMILES string of the molecule is CC(O)c1csc(NC(=O)NC(C)(C)C)n1. The molecule has 0 bridgehead atoms. The Labute approximate surface area is 98.9 Å². The van der Waals surface area contributed by atoms with Gasteiger partial charge in [0.1, 0.15) is 0 Å². The molecule has 3 N–H and O–H groups in total. The van der Waals surface area contributed by atoms with Crippen LogP contribution in [0, 0.1) is 0 Å². The Bertz CT molecular complexity index is 368. The van der Waals surface area contributed by atoms with Crippen LogP contribution in [-0.2, 0) is 0 Å². The van der Waals surface area contributed by atoms with Crippen molar-refractivity contribution in [3.8, 4) is 0 Å². The van der Waals surface area contributed by atoms with Crippen LogP contribution in [-0.4, -0.2) is 21.7 Å². The summed E-state index contributed by atoms with van der Waals surface area (Å²) in [4.78, 5) is 15.6. The maximum Gasteiger partial charge on any atom is 0.321 e. The fraction of sp³-hybridized carbons (Fsp3) is 0.600. The van der Waals surface area contributed by atoms with Gasteiger partial charge < -0.3 is 10.4 Å². The number of carbonyl (C=O) groups is 1. The first kappa shape index (κ1) is 12.9. The maximum atomic E-state index is 11.5. The summed E-state index contributed by atoms with van der Waals surface area (Å²) in [5, 5.41) is 16.9. The second kappa shape index (κ2) is 4.80. The van der Waals surface area contributed by atoms with Crippen molar-refractivity contribution in [1.82, 2.24) is 10.3 Å². The predicted molar refractivity (Wildman–Crippen MR) is 64.7 cm³/mol. The number of rotatable bonds is 2. The largest absolute Gasteiger partial charge is 0.387 e. The molecule has 16 heavy (non-hydrogen) atoms.